The third-order valence-corrected chi connectivity index (χ3v) is 4.86. The number of carbonyl (C=O) groups is 2. The lowest BCUT2D eigenvalue weighted by Gasteiger charge is -2.26. The summed E-state index contributed by atoms with van der Waals surface area (Å²) in [4.78, 5) is 26.8. The zero-order valence-electron chi connectivity index (χ0n) is 15.2. The van der Waals surface area contributed by atoms with Crippen molar-refractivity contribution in [2.24, 2.45) is 11.7 Å². The minimum absolute atomic E-state index is 0.0572. The number of hydrogen-bond donors (Lipinski definition) is 2. The minimum Gasteiger partial charge on any atom is -0.374 e. The van der Waals surface area contributed by atoms with Crippen LogP contribution in [-0.2, 0) is 22.7 Å². The van der Waals surface area contributed by atoms with Crippen molar-refractivity contribution < 1.29 is 9.59 Å². The maximum atomic E-state index is 13.0. The van der Waals surface area contributed by atoms with E-state index in [1.807, 2.05) is 42.5 Å². The maximum absolute atomic E-state index is 13.0. The monoisotopic (exact) mass is 433 g/mol. The fourth-order valence-corrected chi connectivity index (χ4v) is 3.09. The van der Waals surface area contributed by atoms with Gasteiger partial charge in [0.2, 0.25) is 11.8 Å². The van der Waals surface area contributed by atoms with Gasteiger partial charge >= 0.3 is 0 Å². The highest BCUT2D eigenvalue weighted by atomic mass is 35.5. The molecule has 0 fully saturated rings. The molecule has 2 aromatic rings. The molecule has 0 aliphatic rings. The topological polar surface area (TPSA) is 75.4 Å². The first-order chi connectivity index (χ1) is 13.3. The average molecular weight is 434 g/mol. The van der Waals surface area contributed by atoms with E-state index in [-0.39, 0.29) is 11.5 Å². The van der Waals surface area contributed by atoms with Gasteiger partial charge in [-0.1, -0.05) is 78.5 Å². The second-order valence-corrected chi connectivity index (χ2v) is 7.58. The van der Waals surface area contributed by atoms with E-state index in [0.717, 1.165) is 11.1 Å². The molecule has 28 heavy (non-hydrogen) atoms. The van der Waals surface area contributed by atoms with Crippen molar-refractivity contribution in [1.82, 2.24) is 10.2 Å². The molecule has 0 aliphatic carbocycles. The molecule has 0 aliphatic heterocycles. The molecular formula is C20H20ClN3O2S2. The predicted octanol–water partition coefficient (Wildman–Crippen LogP) is 3.23. The Bertz CT molecular complexity index is 873. The molecule has 0 saturated carbocycles. The van der Waals surface area contributed by atoms with Gasteiger partial charge in [-0.25, -0.2) is 0 Å². The average Bonchev–Trinajstić information content (AvgIpc) is 2.66. The molecule has 0 bridgehead atoms. The lowest BCUT2D eigenvalue weighted by atomic mass is 10.1. The van der Waals surface area contributed by atoms with Crippen LogP contribution in [-0.4, -0.2) is 26.7 Å². The molecule has 0 spiro atoms. The number of rotatable bonds is 7. The van der Waals surface area contributed by atoms with Crippen LogP contribution in [0, 0.1) is 5.92 Å². The van der Waals surface area contributed by atoms with E-state index < -0.39 is 17.7 Å². The first-order valence-electron chi connectivity index (χ1n) is 8.47. The fraction of sp³-hybridized carbons (Fsp3) is 0.200. The molecule has 146 valence electrons. The van der Waals surface area contributed by atoms with Gasteiger partial charge in [0, 0.05) is 11.6 Å². The van der Waals surface area contributed by atoms with Crippen LogP contribution in [0.15, 0.2) is 54.6 Å². The maximum Gasteiger partial charge on any atom is 0.247 e. The van der Waals surface area contributed by atoms with Crippen molar-refractivity contribution in [2.75, 3.05) is 0 Å². The largest absolute Gasteiger partial charge is 0.374 e. The lowest BCUT2D eigenvalue weighted by Crippen LogP contribution is -2.49. The van der Waals surface area contributed by atoms with E-state index in [4.69, 9.17) is 41.8 Å². The number of amides is 2. The summed E-state index contributed by atoms with van der Waals surface area (Å²) in [6, 6.07) is 16.5. The summed E-state index contributed by atoms with van der Waals surface area (Å²) in [5, 5.41) is 3.55. The van der Waals surface area contributed by atoms with Gasteiger partial charge in [-0.3, -0.25) is 9.59 Å². The number of halogens is 1. The SMILES string of the molecule is CC(=S)N(Cc1ccccc1)C(=O)C(C(N)=O)C(=S)NCc1ccc(Cl)cc1. The van der Waals surface area contributed by atoms with Crippen LogP contribution < -0.4 is 11.1 Å². The highest BCUT2D eigenvalue weighted by Crippen LogP contribution is 2.13. The van der Waals surface area contributed by atoms with E-state index in [0.29, 0.717) is 16.6 Å². The molecule has 1 atom stereocenters. The number of thiocarbonyl (C=S) groups is 2. The van der Waals surface area contributed by atoms with E-state index in [1.165, 1.54) is 4.90 Å². The number of nitrogens with one attached hydrogen (secondary N) is 1. The quantitative estimate of drug-likeness (QED) is 0.518. The summed E-state index contributed by atoms with van der Waals surface area (Å²) in [6.07, 6.45) is 0. The highest BCUT2D eigenvalue weighted by molar-refractivity contribution is 7.80. The molecule has 5 nitrogen and oxygen atoms in total. The lowest BCUT2D eigenvalue weighted by molar-refractivity contribution is -0.135. The Morgan fingerprint density at radius 3 is 2.21 bits per heavy atom. The Kier molecular flexibility index (Phi) is 8.04. The predicted molar refractivity (Wildman–Crippen MR) is 119 cm³/mol. The van der Waals surface area contributed by atoms with Gasteiger partial charge in [-0.15, -0.1) is 0 Å². The minimum atomic E-state index is -1.30. The van der Waals surface area contributed by atoms with Crippen molar-refractivity contribution in [3.8, 4) is 0 Å². The van der Waals surface area contributed by atoms with Gasteiger partial charge in [0.1, 0.15) is 0 Å². The van der Waals surface area contributed by atoms with Crippen molar-refractivity contribution in [3.05, 3.63) is 70.7 Å². The second-order valence-electron chi connectivity index (χ2n) is 6.11. The molecular weight excluding hydrogens is 414 g/mol. The number of carbonyl (C=O) groups excluding carboxylic acids is 2. The van der Waals surface area contributed by atoms with Crippen LogP contribution >= 0.6 is 36.0 Å². The fourth-order valence-electron chi connectivity index (χ4n) is 2.52. The zero-order valence-corrected chi connectivity index (χ0v) is 17.6. The Morgan fingerprint density at radius 1 is 1.07 bits per heavy atom. The van der Waals surface area contributed by atoms with Gasteiger partial charge in [0.15, 0.2) is 5.92 Å². The Labute approximate surface area is 179 Å². The van der Waals surface area contributed by atoms with Crippen molar-refractivity contribution in [3.63, 3.8) is 0 Å². The number of hydrogen-bond acceptors (Lipinski definition) is 4. The Balaban J connectivity index is 2.13. The molecule has 0 radical (unpaired) electrons. The number of primary amides is 1. The highest BCUT2D eigenvalue weighted by Gasteiger charge is 2.33. The van der Waals surface area contributed by atoms with Crippen molar-refractivity contribution >= 4 is 57.8 Å². The number of nitrogens with zero attached hydrogens (tertiary/aromatic N) is 1. The molecule has 0 aromatic heterocycles. The van der Waals surface area contributed by atoms with Crippen LogP contribution in [0.4, 0.5) is 0 Å². The van der Waals surface area contributed by atoms with Gasteiger partial charge in [0.05, 0.1) is 16.5 Å². The van der Waals surface area contributed by atoms with Crippen LogP contribution in [0.1, 0.15) is 18.1 Å². The van der Waals surface area contributed by atoms with Gasteiger partial charge < -0.3 is 16.0 Å². The third-order valence-electron chi connectivity index (χ3n) is 4.00. The first-order valence-corrected chi connectivity index (χ1v) is 9.66. The standard InChI is InChI=1S/C20H20ClN3O2S2/c1-13(27)24(12-15-5-3-2-4-6-15)20(26)17(18(22)25)19(28)23-11-14-7-9-16(21)10-8-14/h2-10,17H,11-12H2,1H3,(H2,22,25)(H,23,28). The summed E-state index contributed by atoms with van der Waals surface area (Å²) in [7, 11) is 0. The van der Waals surface area contributed by atoms with Gasteiger partial charge in [-0.05, 0) is 30.2 Å². The molecule has 2 aromatic carbocycles. The molecule has 8 heteroatoms. The van der Waals surface area contributed by atoms with E-state index in [2.05, 4.69) is 5.32 Å². The molecule has 0 saturated heterocycles. The summed E-state index contributed by atoms with van der Waals surface area (Å²) in [6.45, 7) is 2.19. The molecule has 2 rings (SSSR count). The molecule has 0 heterocycles. The van der Waals surface area contributed by atoms with Crippen LogP contribution in [0.5, 0.6) is 0 Å². The van der Waals surface area contributed by atoms with Crippen LogP contribution in [0.3, 0.4) is 0 Å². The first kappa shape index (κ1) is 21.9. The molecule has 1 unspecified atom stereocenters. The van der Waals surface area contributed by atoms with E-state index in [1.54, 1.807) is 19.1 Å². The van der Waals surface area contributed by atoms with Gasteiger partial charge in [0.25, 0.3) is 0 Å². The second kappa shape index (κ2) is 10.3. The van der Waals surface area contributed by atoms with Crippen LogP contribution in [0.2, 0.25) is 5.02 Å². The molecule has 2 amide bonds. The smallest absolute Gasteiger partial charge is 0.247 e. The van der Waals surface area contributed by atoms with Crippen molar-refractivity contribution in [1.29, 1.82) is 0 Å². The van der Waals surface area contributed by atoms with Crippen molar-refractivity contribution in [2.45, 2.75) is 20.0 Å². The summed E-state index contributed by atoms with van der Waals surface area (Å²) >= 11 is 16.4. The normalized spacial score (nSPS) is 11.4. The summed E-state index contributed by atoms with van der Waals surface area (Å²) in [5.74, 6) is -2.67. The number of nitrogens with two attached hydrogens (primary N) is 1. The summed E-state index contributed by atoms with van der Waals surface area (Å²) in [5.41, 5.74) is 7.26. The number of benzene rings is 2. The Hall–Kier alpha value is -2.35. The third kappa shape index (κ3) is 6.09. The van der Waals surface area contributed by atoms with Gasteiger partial charge in [-0.2, -0.15) is 0 Å². The van der Waals surface area contributed by atoms with Crippen LogP contribution in [0.25, 0.3) is 0 Å². The molecule has 3 N–H and O–H groups in total. The Morgan fingerprint density at radius 2 is 1.68 bits per heavy atom. The van der Waals surface area contributed by atoms with E-state index in [9.17, 15) is 9.59 Å². The van der Waals surface area contributed by atoms with E-state index >= 15 is 0 Å². The zero-order chi connectivity index (χ0) is 20.7. The summed E-state index contributed by atoms with van der Waals surface area (Å²) < 4.78 is 0.